The zero-order chi connectivity index (χ0) is 20.4. The number of amides is 2. The van der Waals surface area contributed by atoms with Gasteiger partial charge in [0.1, 0.15) is 11.4 Å². The molecular formula is C23H31N3O3. The number of fused-ring (bicyclic) bond motifs is 1. The van der Waals surface area contributed by atoms with Gasteiger partial charge in [0.2, 0.25) is 11.8 Å². The van der Waals surface area contributed by atoms with Gasteiger partial charge in [0.25, 0.3) is 0 Å². The second-order valence-electron chi connectivity index (χ2n) is 8.70. The van der Waals surface area contributed by atoms with Gasteiger partial charge in [0, 0.05) is 44.1 Å². The molecule has 0 saturated carbocycles. The second kappa shape index (κ2) is 8.19. The summed E-state index contributed by atoms with van der Waals surface area (Å²) in [5.74, 6) is 0.902. The van der Waals surface area contributed by atoms with Crippen molar-refractivity contribution in [1.82, 2.24) is 15.1 Å². The minimum Gasteiger partial charge on any atom is -0.487 e. The molecule has 3 aliphatic heterocycles. The van der Waals surface area contributed by atoms with Crippen LogP contribution in [0.2, 0.25) is 0 Å². The van der Waals surface area contributed by atoms with Gasteiger partial charge in [-0.3, -0.25) is 9.59 Å². The molecule has 1 spiro atoms. The molecule has 0 radical (unpaired) electrons. The first kappa shape index (κ1) is 20.0. The van der Waals surface area contributed by atoms with E-state index in [0.29, 0.717) is 25.9 Å². The number of carbonyl (C=O) groups excluding carboxylic acids is 2. The van der Waals surface area contributed by atoms with Crippen molar-refractivity contribution in [1.29, 1.82) is 0 Å². The Labute approximate surface area is 172 Å². The van der Waals surface area contributed by atoms with Gasteiger partial charge >= 0.3 is 0 Å². The van der Waals surface area contributed by atoms with Gasteiger partial charge in [0.15, 0.2) is 0 Å². The van der Waals surface area contributed by atoms with E-state index in [2.05, 4.69) is 29.9 Å². The number of para-hydroxylation sites is 1. The molecule has 2 saturated heterocycles. The van der Waals surface area contributed by atoms with Crippen LogP contribution in [0, 0.1) is 5.92 Å². The van der Waals surface area contributed by atoms with Gasteiger partial charge in [-0.05, 0) is 44.9 Å². The number of nitrogens with one attached hydrogen (secondary N) is 1. The third kappa shape index (κ3) is 4.17. The van der Waals surface area contributed by atoms with Crippen LogP contribution in [-0.4, -0.2) is 60.4 Å². The molecule has 1 aromatic carbocycles. The quantitative estimate of drug-likeness (QED) is 0.796. The third-order valence-electron chi connectivity index (χ3n) is 6.76. The molecule has 1 unspecified atom stereocenters. The molecule has 3 heterocycles. The van der Waals surface area contributed by atoms with E-state index in [-0.39, 0.29) is 29.4 Å². The van der Waals surface area contributed by atoms with Crippen LogP contribution in [0.15, 0.2) is 36.9 Å². The maximum Gasteiger partial charge on any atom is 0.245 e. The van der Waals surface area contributed by atoms with E-state index in [1.807, 2.05) is 18.2 Å². The molecule has 4 rings (SSSR count). The standard InChI is InChI=1S/C23H31N3O3/c1-3-21(27)26-12-8-17(9-13-26)22(28)24-19-16-23(10-14-25(2)15-11-23)29-20-7-5-4-6-18(19)20/h3-7,17,19H,1,8-16H2,2H3,(H,24,28). The maximum absolute atomic E-state index is 13.1. The summed E-state index contributed by atoms with van der Waals surface area (Å²) < 4.78 is 6.49. The summed E-state index contributed by atoms with van der Waals surface area (Å²) in [6.45, 7) is 6.80. The van der Waals surface area contributed by atoms with Gasteiger partial charge in [-0.1, -0.05) is 24.8 Å². The highest BCUT2D eigenvalue weighted by Gasteiger charge is 2.43. The van der Waals surface area contributed by atoms with Crippen molar-refractivity contribution in [3.63, 3.8) is 0 Å². The van der Waals surface area contributed by atoms with Gasteiger partial charge in [-0.25, -0.2) is 0 Å². The van der Waals surface area contributed by atoms with E-state index in [1.165, 1.54) is 6.08 Å². The molecule has 1 atom stereocenters. The second-order valence-corrected chi connectivity index (χ2v) is 8.70. The number of piperidine rings is 2. The van der Waals surface area contributed by atoms with Crippen molar-refractivity contribution in [2.75, 3.05) is 33.2 Å². The molecule has 1 N–H and O–H groups in total. The largest absolute Gasteiger partial charge is 0.487 e. The summed E-state index contributed by atoms with van der Waals surface area (Å²) in [6.07, 6.45) is 5.52. The lowest BCUT2D eigenvalue weighted by molar-refractivity contribution is -0.133. The molecule has 0 aromatic heterocycles. The lowest BCUT2D eigenvalue weighted by Gasteiger charge is -2.46. The van der Waals surface area contributed by atoms with Gasteiger partial charge in [0.05, 0.1) is 6.04 Å². The Balaban J connectivity index is 1.45. The normalized spacial score (nSPS) is 24.4. The van der Waals surface area contributed by atoms with Crippen LogP contribution in [0.4, 0.5) is 0 Å². The fraction of sp³-hybridized carbons (Fsp3) is 0.565. The molecule has 3 aliphatic rings. The molecular weight excluding hydrogens is 366 g/mol. The van der Waals surface area contributed by atoms with Crippen molar-refractivity contribution in [3.8, 4) is 5.75 Å². The zero-order valence-corrected chi connectivity index (χ0v) is 17.2. The summed E-state index contributed by atoms with van der Waals surface area (Å²) in [5, 5.41) is 3.33. The van der Waals surface area contributed by atoms with Gasteiger partial charge < -0.3 is 19.9 Å². The van der Waals surface area contributed by atoms with Crippen LogP contribution in [-0.2, 0) is 9.59 Å². The summed E-state index contributed by atoms with van der Waals surface area (Å²) >= 11 is 0. The highest BCUT2D eigenvalue weighted by atomic mass is 16.5. The maximum atomic E-state index is 13.1. The van der Waals surface area contributed by atoms with Gasteiger partial charge in [-0.15, -0.1) is 0 Å². The fourth-order valence-corrected chi connectivity index (χ4v) is 4.86. The Morgan fingerprint density at radius 1 is 1.17 bits per heavy atom. The SMILES string of the molecule is C=CC(=O)N1CCC(C(=O)NC2CC3(CCN(C)CC3)Oc3ccccc32)CC1. The van der Waals surface area contributed by atoms with Crippen LogP contribution < -0.4 is 10.1 Å². The average molecular weight is 398 g/mol. The van der Waals surface area contributed by atoms with E-state index in [0.717, 1.165) is 43.7 Å². The first-order valence-corrected chi connectivity index (χ1v) is 10.7. The average Bonchev–Trinajstić information content (AvgIpc) is 2.75. The van der Waals surface area contributed by atoms with E-state index in [9.17, 15) is 9.59 Å². The predicted octanol–water partition coefficient (Wildman–Crippen LogP) is 2.52. The molecule has 6 heteroatoms. The molecule has 0 aliphatic carbocycles. The van der Waals surface area contributed by atoms with Crippen molar-refractivity contribution < 1.29 is 14.3 Å². The monoisotopic (exact) mass is 397 g/mol. The zero-order valence-electron chi connectivity index (χ0n) is 17.2. The van der Waals surface area contributed by atoms with Crippen LogP contribution >= 0.6 is 0 Å². The van der Waals surface area contributed by atoms with Crippen LogP contribution in [0.25, 0.3) is 0 Å². The van der Waals surface area contributed by atoms with Gasteiger partial charge in [-0.2, -0.15) is 0 Å². The van der Waals surface area contributed by atoms with E-state index >= 15 is 0 Å². The highest BCUT2D eigenvalue weighted by molar-refractivity contribution is 5.87. The van der Waals surface area contributed by atoms with Crippen LogP contribution in [0.1, 0.15) is 43.7 Å². The number of nitrogens with zero attached hydrogens (tertiary/aromatic N) is 2. The molecule has 29 heavy (non-hydrogen) atoms. The van der Waals surface area contributed by atoms with E-state index in [1.54, 1.807) is 4.90 Å². The third-order valence-corrected chi connectivity index (χ3v) is 6.76. The minimum absolute atomic E-state index is 0.0244. The summed E-state index contributed by atoms with van der Waals surface area (Å²) in [6, 6.07) is 8.06. The summed E-state index contributed by atoms with van der Waals surface area (Å²) in [5.41, 5.74) is 0.878. The lowest BCUT2D eigenvalue weighted by atomic mass is 9.80. The topological polar surface area (TPSA) is 61.9 Å². The lowest BCUT2D eigenvalue weighted by Crippen LogP contribution is -2.52. The molecule has 2 fully saturated rings. The van der Waals surface area contributed by atoms with E-state index < -0.39 is 0 Å². The van der Waals surface area contributed by atoms with Crippen LogP contribution in [0.3, 0.4) is 0 Å². The number of rotatable bonds is 3. The van der Waals surface area contributed by atoms with Crippen molar-refractivity contribution in [3.05, 3.63) is 42.5 Å². The van der Waals surface area contributed by atoms with Crippen LogP contribution in [0.5, 0.6) is 5.75 Å². The summed E-state index contributed by atoms with van der Waals surface area (Å²) in [4.78, 5) is 29.0. The Kier molecular flexibility index (Phi) is 5.63. The number of hydrogen-bond acceptors (Lipinski definition) is 4. The number of ether oxygens (including phenoxy) is 1. The Bertz CT molecular complexity index is 777. The predicted molar refractivity (Wildman–Crippen MR) is 112 cm³/mol. The minimum atomic E-state index is -0.196. The number of hydrogen-bond donors (Lipinski definition) is 1. The highest BCUT2D eigenvalue weighted by Crippen LogP contribution is 2.44. The van der Waals surface area contributed by atoms with Crippen molar-refractivity contribution in [2.24, 2.45) is 5.92 Å². The molecule has 6 nitrogen and oxygen atoms in total. The first-order chi connectivity index (χ1) is 14.0. The number of carbonyl (C=O) groups is 2. The number of likely N-dealkylation sites (tertiary alicyclic amines) is 2. The molecule has 156 valence electrons. The molecule has 1 aromatic rings. The first-order valence-electron chi connectivity index (χ1n) is 10.7. The van der Waals surface area contributed by atoms with Crippen molar-refractivity contribution in [2.45, 2.75) is 43.7 Å². The van der Waals surface area contributed by atoms with Crippen molar-refractivity contribution >= 4 is 11.8 Å². The van der Waals surface area contributed by atoms with E-state index in [4.69, 9.17) is 4.74 Å². The smallest absolute Gasteiger partial charge is 0.245 e. The Morgan fingerprint density at radius 2 is 1.86 bits per heavy atom. The number of benzene rings is 1. The fourth-order valence-electron chi connectivity index (χ4n) is 4.86. The molecule has 0 bridgehead atoms. The summed E-state index contributed by atoms with van der Waals surface area (Å²) in [7, 11) is 2.15. The Hall–Kier alpha value is -2.34. The molecule has 2 amide bonds. The Morgan fingerprint density at radius 3 is 2.55 bits per heavy atom.